The normalized spacial score (nSPS) is 12.6. The highest BCUT2D eigenvalue weighted by Gasteiger charge is 2.16. The van der Waals surface area contributed by atoms with Crippen molar-refractivity contribution in [3.8, 4) is 11.5 Å². The Bertz CT molecular complexity index is 713. The second kappa shape index (κ2) is 12.7. The summed E-state index contributed by atoms with van der Waals surface area (Å²) < 4.78 is 37.5. The molecule has 0 aliphatic carbocycles. The van der Waals surface area contributed by atoms with E-state index in [1.54, 1.807) is 18.2 Å². The van der Waals surface area contributed by atoms with Gasteiger partial charge in [-0.1, -0.05) is 13.8 Å². The van der Waals surface area contributed by atoms with E-state index in [2.05, 4.69) is 28.8 Å². The Kier molecular flexibility index (Phi) is 11.0. The molecule has 0 spiro atoms. The fraction of sp³-hybridized carbons (Fsp3) is 0.650. The molecule has 0 fully saturated rings. The number of hydrogen-bond donors (Lipinski definition) is 2. The van der Waals surface area contributed by atoms with Crippen molar-refractivity contribution in [2.45, 2.75) is 39.7 Å². The van der Waals surface area contributed by atoms with E-state index >= 15 is 0 Å². The number of benzene rings is 1. The number of ether oxygens (including phenoxy) is 2. The monoisotopic (exact) mass is 429 g/mol. The molecule has 29 heavy (non-hydrogen) atoms. The van der Waals surface area contributed by atoms with Crippen LogP contribution >= 0.6 is 0 Å². The van der Waals surface area contributed by atoms with Crippen molar-refractivity contribution in [3.05, 3.63) is 23.8 Å². The Balaban J connectivity index is 2.46. The molecule has 0 saturated carbocycles. The smallest absolute Gasteiger partial charge is 0.251 e. The van der Waals surface area contributed by atoms with Crippen LogP contribution in [-0.2, 0) is 10.0 Å². The Morgan fingerprint density at radius 2 is 1.69 bits per heavy atom. The van der Waals surface area contributed by atoms with Crippen LogP contribution in [0.15, 0.2) is 18.2 Å². The maximum atomic E-state index is 12.3. The van der Waals surface area contributed by atoms with Crippen LogP contribution in [0.5, 0.6) is 11.5 Å². The zero-order chi connectivity index (χ0) is 21.9. The van der Waals surface area contributed by atoms with Crippen LogP contribution in [0.4, 0.5) is 0 Å². The zero-order valence-electron chi connectivity index (χ0n) is 18.2. The van der Waals surface area contributed by atoms with Gasteiger partial charge in [-0.3, -0.25) is 4.79 Å². The van der Waals surface area contributed by atoms with Crippen molar-refractivity contribution >= 4 is 15.9 Å². The molecule has 8 nitrogen and oxygen atoms in total. The fourth-order valence-corrected chi connectivity index (χ4v) is 4.14. The lowest BCUT2D eigenvalue weighted by molar-refractivity contribution is 0.0955. The molecule has 2 N–H and O–H groups in total. The summed E-state index contributed by atoms with van der Waals surface area (Å²) in [5, 5.41) is 2.63. The van der Waals surface area contributed by atoms with Gasteiger partial charge in [-0.15, -0.1) is 0 Å². The lowest BCUT2D eigenvalue weighted by Gasteiger charge is -2.19. The van der Waals surface area contributed by atoms with Gasteiger partial charge in [-0.2, -0.15) is 0 Å². The Morgan fingerprint density at radius 3 is 2.21 bits per heavy atom. The third-order valence-corrected chi connectivity index (χ3v) is 6.16. The first-order valence-electron chi connectivity index (χ1n) is 9.98. The molecule has 0 aromatic heterocycles. The molecular weight excluding hydrogens is 394 g/mol. The fourth-order valence-electron chi connectivity index (χ4n) is 2.92. The van der Waals surface area contributed by atoms with Crippen molar-refractivity contribution in [1.82, 2.24) is 14.9 Å². The molecule has 1 aromatic rings. The number of rotatable bonds is 14. The minimum Gasteiger partial charge on any atom is -0.497 e. The van der Waals surface area contributed by atoms with E-state index < -0.39 is 10.0 Å². The number of sulfonamides is 1. The van der Waals surface area contributed by atoms with Crippen molar-refractivity contribution in [2.24, 2.45) is 0 Å². The van der Waals surface area contributed by atoms with E-state index in [-0.39, 0.29) is 24.2 Å². The summed E-state index contributed by atoms with van der Waals surface area (Å²) in [7, 11) is -0.478. The maximum Gasteiger partial charge on any atom is 0.251 e. The number of nitrogens with one attached hydrogen (secondary N) is 2. The van der Waals surface area contributed by atoms with Gasteiger partial charge in [0.05, 0.1) is 20.0 Å². The summed E-state index contributed by atoms with van der Waals surface area (Å²) in [6, 6.07) is 4.66. The maximum absolute atomic E-state index is 12.3. The highest BCUT2D eigenvalue weighted by Crippen LogP contribution is 2.22. The third kappa shape index (κ3) is 9.47. The summed E-state index contributed by atoms with van der Waals surface area (Å²) in [6.07, 6.45) is 1.70. The summed E-state index contributed by atoms with van der Waals surface area (Å²) in [5.41, 5.74) is 0.344. The second-order valence-electron chi connectivity index (χ2n) is 6.86. The third-order valence-electron chi connectivity index (χ3n) is 4.66. The number of hydrogen-bond acceptors (Lipinski definition) is 6. The van der Waals surface area contributed by atoms with Crippen LogP contribution in [0.3, 0.4) is 0 Å². The second-order valence-corrected chi connectivity index (χ2v) is 8.74. The molecule has 1 atom stereocenters. The average Bonchev–Trinajstić information content (AvgIpc) is 2.70. The van der Waals surface area contributed by atoms with Crippen molar-refractivity contribution in [1.29, 1.82) is 0 Å². The Hall–Kier alpha value is -1.84. The van der Waals surface area contributed by atoms with Crippen LogP contribution in [0.1, 0.15) is 44.0 Å². The van der Waals surface area contributed by atoms with Crippen LogP contribution in [-0.4, -0.2) is 71.4 Å². The predicted molar refractivity (Wildman–Crippen MR) is 115 cm³/mol. The molecule has 1 rings (SSSR count). The molecule has 9 heteroatoms. The molecule has 0 radical (unpaired) electrons. The molecule has 0 aliphatic heterocycles. The SMILES string of the molecule is CCN(CC)CCC[C@H](C)NS(=O)(=O)CCNC(=O)c1cc(OC)cc(OC)c1. The Morgan fingerprint density at radius 1 is 1.10 bits per heavy atom. The quantitative estimate of drug-likeness (QED) is 0.469. The van der Waals surface area contributed by atoms with Crippen molar-refractivity contribution in [3.63, 3.8) is 0 Å². The molecule has 0 heterocycles. The average molecular weight is 430 g/mol. The largest absolute Gasteiger partial charge is 0.497 e. The van der Waals surface area contributed by atoms with Gasteiger partial charge in [0, 0.05) is 24.2 Å². The molecular formula is C20H35N3O5S. The van der Waals surface area contributed by atoms with Gasteiger partial charge in [0.25, 0.3) is 5.91 Å². The summed E-state index contributed by atoms with van der Waals surface area (Å²) >= 11 is 0. The van der Waals surface area contributed by atoms with Crippen LogP contribution < -0.4 is 19.5 Å². The molecule has 0 saturated heterocycles. The lowest BCUT2D eigenvalue weighted by atomic mass is 10.2. The summed E-state index contributed by atoms with van der Waals surface area (Å²) in [6.45, 7) is 9.06. The highest BCUT2D eigenvalue weighted by atomic mass is 32.2. The Labute approximate surface area is 175 Å². The van der Waals surface area contributed by atoms with Gasteiger partial charge in [-0.05, 0) is 51.5 Å². The number of carbonyl (C=O) groups is 1. The molecule has 0 bridgehead atoms. The number of amides is 1. The molecule has 0 aliphatic rings. The summed E-state index contributed by atoms with van der Waals surface area (Å²) in [4.78, 5) is 14.6. The minimum atomic E-state index is -3.47. The van der Waals surface area contributed by atoms with Crippen LogP contribution in [0.2, 0.25) is 0 Å². The zero-order valence-corrected chi connectivity index (χ0v) is 19.0. The molecule has 166 valence electrons. The summed E-state index contributed by atoms with van der Waals surface area (Å²) in [5.74, 6) is 0.412. The van der Waals surface area contributed by atoms with Gasteiger partial charge in [0.1, 0.15) is 11.5 Å². The molecule has 1 amide bonds. The minimum absolute atomic E-state index is 0.0137. The standard InChI is InChI=1S/C20H35N3O5S/c1-6-23(7-2)11-8-9-16(3)22-29(25,26)12-10-21-20(24)17-13-18(27-4)15-19(14-17)28-5/h13-16,22H,6-12H2,1-5H3,(H,21,24)/t16-/m0/s1. The van der Waals surface area contributed by atoms with E-state index in [0.29, 0.717) is 17.1 Å². The number of nitrogens with zero attached hydrogens (tertiary/aromatic N) is 1. The van der Waals surface area contributed by atoms with Gasteiger partial charge in [-0.25, -0.2) is 13.1 Å². The van der Waals surface area contributed by atoms with Crippen LogP contribution in [0.25, 0.3) is 0 Å². The van der Waals surface area contributed by atoms with Crippen molar-refractivity contribution < 1.29 is 22.7 Å². The first-order valence-corrected chi connectivity index (χ1v) is 11.6. The predicted octanol–water partition coefficient (Wildman–Crippen LogP) is 1.86. The van der Waals surface area contributed by atoms with Gasteiger partial charge in [0.2, 0.25) is 10.0 Å². The number of carbonyl (C=O) groups excluding carboxylic acids is 1. The molecule has 1 aromatic carbocycles. The van der Waals surface area contributed by atoms with E-state index in [1.807, 2.05) is 6.92 Å². The number of methoxy groups -OCH3 is 2. The first kappa shape index (κ1) is 25.2. The van der Waals surface area contributed by atoms with Crippen LogP contribution in [0, 0.1) is 0 Å². The van der Waals surface area contributed by atoms with Gasteiger partial charge in [0.15, 0.2) is 0 Å². The highest BCUT2D eigenvalue weighted by molar-refractivity contribution is 7.89. The van der Waals surface area contributed by atoms with Crippen molar-refractivity contribution in [2.75, 3.05) is 46.2 Å². The van der Waals surface area contributed by atoms with Gasteiger partial charge < -0.3 is 19.7 Å². The topological polar surface area (TPSA) is 97.0 Å². The first-order chi connectivity index (χ1) is 13.7. The van der Waals surface area contributed by atoms with Gasteiger partial charge >= 0.3 is 0 Å². The van der Waals surface area contributed by atoms with E-state index in [1.165, 1.54) is 14.2 Å². The van der Waals surface area contributed by atoms with E-state index in [4.69, 9.17) is 9.47 Å². The van der Waals surface area contributed by atoms with E-state index in [9.17, 15) is 13.2 Å². The van der Waals surface area contributed by atoms with E-state index in [0.717, 1.165) is 32.5 Å². The lowest BCUT2D eigenvalue weighted by Crippen LogP contribution is -2.38. The molecule has 0 unspecified atom stereocenters.